The molecule has 3 aromatic rings. The molecule has 0 atom stereocenters. The summed E-state index contributed by atoms with van der Waals surface area (Å²) in [4.78, 5) is 29.7. The number of carbonyl (C=O) groups is 2. The topological polar surface area (TPSA) is 65.2 Å². The van der Waals surface area contributed by atoms with E-state index in [1.807, 2.05) is 30.4 Å². The summed E-state index contributed by atoms with van der Waals surface area (Å²) in [6.07, 6.45) is 4.07. The van der Waals surface area contributed by atoms with Gasteiger partial charge in [0.1, 0.15) is 0 Å². The molecule has 1 aliphatic rings. The molecule has 0 bridgehead atoms. The van der Waals surface area contributed by atoms with Crippen molar-refractivity contribution in [2.45, 2.75) is 6.42 Å². The molecule has 0 spiro atoms. The highest BCUT2D eigenvalue weighted by molar-refractivity contribution is 6.34. The van der Waals surface area contributed by atoms with Gasteiger partial charge in [-0.25, -0.2) is 0 Å². The molecule has 5 nitrogen and oxygen atoms in total. The fourth-order valence-corrected chi connectivity index (χ4v) is 3.66. The summed E-state index contributed by atoms with van der Waals surface area (Å²) in [5.41, 5.74) is 2.69. The molecule has 1 aromatic heterocycles. The molecule has 2 amide bonds. The molecule has 28 heavy (non-hydrogen) atoms. The standard InChI is InChI=1S/C21H17Cl2N3O2/c22-14-3-6-19-13(9-14)10-16(24-19)12-20(27)25-15-4-5-17(18(23)11-15)21(28)26-7-1-2-8-26/h1-6,9-11,24H,7-8,12H2,(H,25,27). The van der Waals surface area contributed by atoms with Gasteiger partial charge in [0.25, 0.3) is 5.91 Å². The Hall–Kier alpha value is -2.76. The molecule has 1 aliphatic heterocycles. The number of aromatic nitrogens is 1. The number of anilines is 1. The van der Waals surface area contributed by atoms with Crippen molar-refractivity contribution in [3.05, 3.63) is 75.9 Å². The van der Waals surface area contributed by atoms with Crippen LogP contribution in [0.1, 0.15) is 16.1 Å². The van der Waals surface area contributed by atoms with E-state index < -0.39 is 0 Å². The van der Waals surface area contributed by atoms with Crippen LogP contribution in [-0.4, -0.2) is 34.8 Å². The second-order valence-corrected chi connectivity index (χ2v) is 7.47. The van der Waals surface area contributed by atoms with E-state index >= 15 is 0 Å². The second-order valence-electron chi connectivity index (χ2n) is 6.63. The van der Waals surface area contributed by atoms with Gasteiger partial charge in [-0.05, 0) is 42.5 Å². The van der Waals surface area contributed by atoms with E-state index in [1.54, 1.807) is 29.2 Å². The molecule has 7 heteroatoms. The quantitative estimate of drug-likeness (QED) is 0.610. The van der Waals surface area contributed by atoms with Crippen LogP contribution in [0.2, 0.25) is 10.0 Å². The number of halogens is 2. The van der Waals surface area contributed by atoms with Gasteiger partial charge in [-0.3, -0.25) is 9.59 Å². The van der Waals surface area contributed by atoms with Gasteiger partial charge in [0.15, 0.2) is 0 Å². The summed E-state index contributed by atoms with van der Waals surface area (Å²) in [7, 11) is 0. The summed E-state index contributed by atoms with van der Waals surface area (Å²) < 4.78 is 0. The minimum atomic E-state index is -0.184. The Morgan fingerprint density at radius 3 is 2.57 bits per heavy atom. The van der Waals surface area contributed by atoms with Crippen LogP contribution in [0.4, 0.5) is 5.69 Å². The number of nitrogens with zero attached hydrogens (tertiary/aromatic N) is 1. The van der Waals surface area contributed by atoms with Crippen molar-refractivity contribution in [2.24, 2.45) is 0 Å². The zero-order valence-electron chi connectivity index (χ0n) is 14.8. The van der Waals surface area contributed by atoms with Gasteiger partial charge < -0.3 is 15.2 Å². The van der Waals surface area contributed by atoms with Crippen LogP contribution >= 0.6 is 23.2 Å². The van der Waals surface area contributed by atoms with E-state index in [1.165, 1.54) is 0 Å². The van der Waals surface area contributed by atoms with Gasteiger partial charge >= 0.3 is 0 Å². The highest BCUT2D eigenvalue weighted by Gasteiger charge is 2.19. The first-order valence-corrected chi connectivity index (χ1v) is 9.56. The maximum atomic E-state index is 12.5. The van der Waals surface area contributed by atoms with E-state index in [2.05, 4.69) is 10.3 Å². The Morgan fingerprint density at radius 1 is 1.04 bits per heavy atom. The van der Waals surface area contributed by atoms with Gasteiger partial charge in [0.05, 0.1) is 17.0 Å². The molecule has 4 rings (SSSR count). The lowest BCUT2D eigenvalue weighted by Gasteiger charge is -2.16. The molecule has 2 N–H and O–H groups in total. The number of amides is 2. The fourth-order valence-electron chi connectivity index (χ4n) is 3.22. The van der Waals surface area contributed by atoms with E-state index in [4.69, 9.17) is 23.2 Å². The molecule has 0 unspecified atom stereocenters. The molecule has 0 saturated carbocycles. The first-order chi connectivity index (χ1) is 13.5. The third kappa shape index (κ3) is 3.91. The smallest absolute Gasteiger partial charge is 0.255 e. The monoisotopic (exact) mass is 413 g/mol. The van der Waals surface area contributed by atoms with Gasteiger partial charge in [-0.1, -0.05) is 35.4 Å². The van der Waals surface area contributed by atoms with E-state index in [0.29, 0.717) is 34.4 Å². The van der Waals surface area contributed by atoms with Crippen molar-refractivity contribution < 1.29 is 9.59 Å². The highest BCUT2D eigenvalue weighted by Crippen LogP contribution is 2.24. The maximum Gasteiger partial charge on any atom is 0.255 e. The van der Waals surface area contributed by atoms with Crippen LogP contribution < -0.4 is 5.32 Å². The molecule has 2 aromatic carbocycles. The average molecular weight is 414 g/mol. The Bertz CT molecular complexity index is 1100. The lowest BCUT2D eigenvalue weighted by atomic mass is 10.1. The predicted octanol–water partition coefficient (Wildman–Crippen LogP) is 4.67. The summed E-state index contributed by atoms with van der Waals surface area (Å²) in [6, 6.07) is 12.4. The molecular weight excluding hydrogens is 397 g/mol. The molecule has 0 radical (unpaired) electrons. The normalized spacial score (nSPS) is 13.3. The third-order valence-corrected chi connectivity index (χ3v) is 5.13. The van der Waals surface area contributed by atoms with Crippen LogP contribution in [0.25, 0.3) is 10.9 Å². The van der Waals surface area contributed by atoms with Gasteiger partial charge in [0.2, 0.25) is 5.91 Å². The summed E-state index contributed by atoms with van der Waals surface area (Å²) in [5.74, 6) is -0.304. The lowest BCUT2D eigenvalue weighted by molar-refractivity contribution is -0.115. The Morgan fingerprint density at radius 2 is 1.82 bits per heavy atom. The largest absolute Gasteiger partial charge is 0.358 e. The van der Waals surface area contributed by atoms with Crippen molar-refractivity contribution >= 4 is 51.6 Å². The molecule has 142 valence electrons. The maximum absolute atomic E-state index is 12.5. The first kappa shape index (κ1) is 18.6. The molecule has 0 saturated heterocycles. The Balaban J connectivity index is 1.43. The number of H-pyrrole nitrogens is 1. The molecular formula is C21H17Cl2N3O2. The van der Waals surface area contributed by atoms with Crippen molar-refractivity contribution in [3.8, 4) is 0 Å². The van der Waals surface area contributed by atoms with Crippen LogP contribution in [-0.2, 0) is 11.2 Å². The number of fused-ring (bicyclic) bond motifs is 1. The van der Waals surface area contributed by atoms with E-state index in [-0.39, 0.29) is 18.2 Å². The fraction of sp³-hybridized carbons (Fsp3) is 0.143. The molecule has 0 fully saturated rings. The SMILES string of the molecule is O=C(Cc1cc2cc(Cl)ccc2[nH]1)Nc1ccc(C(=O)N2CC=CC2)c(Cl)c1. The number of rotatable bonds is 4. The summed E-state index contributed by atoms with van der Waals surface area (Å²) >= 11 is 12.3. The van der Waals surface area contributed by atoms with Crippen molar-refractivity contribution in [3.63, 3.8) is 0 Å². The number of hydrogen-bond donors (Lipinski definition) is 2. The summed E-state index contributed by atoms with van der Waals surface area (Å²) in [6.45, 7) is 1.17. The summed E-state index contributed by atoms with van der Waals surface area (Å²) in [5, 5.41) is 4.74. The number of carbonyl (C=O) groups excluding carboxylic acids is 2. The molecule has 0 aliphatic carbocycles. The highest BCUT2D eigenvalue weighted by atomic mass is 35.5. The minimum absolute atomic E-state index is 0.121. The van der Waals surface area contributed by atoms with Crippen LogP contribution in [0.5, 0.6) is 0 Å². The number of benzene rings is 2. The van der Waals surface area contributed by atoms with Crippen LogP contribution in [0, 0.1) is 0 Å². The third-order valence-electron chi connectivity index (χ3n) is 4.58. The van der Waals surface area contributed by atoms with Crippen LogP contribution in [0.3, 0.4) is 0 Å². The van der Waals surface area contributed by atoms with Crippen LogP contribution in [0.15, 0.2) is 54.6 Å². The van der Waals surface area contributed by atoms with Crippen molar-refractivity contribution in [1.29, 1.82) is 0 Å². The van der Waals surface area contributed by atoms with Gasteiger partial charge in [-0.15, -0.1) is 0 Å². The lowest BCUT2D eigenvalue weighted by Crippen LogP contribution is -2.28. The van der Waals surface area contributed by atoms with E-state index in [9.17, 15) is 9.59 Å². The minimum Gasteiger partial charge on any atom is -0.358 e. The zero-order chi connectivity index (χ0) is 19.7. The second kappa shape index (κ2) is 7.70. The number of aromatic amines is 1. The Kier molecular flexibility index (Phi) is 5.11. The molecule has 2 heterocycles. The first-order valence-electron chi connectivity index (χ1n) is 8.80. The number of hydrogen-bond acceptors (Lipinski definition) is 2. The van der Waals surface area contributed by atoms with Gasteiger partial charge in [0, 0.05) is 40.4 Å². The zero-order valence-corrected chi connectivity index (χ0v) is 16.3. The predicted molar refractivity (Wildman–Crippen MR) is 112 cm³/mol. The van der Waals surface area contributed by atoms with Crippen molar-refractivity contribution in [1.82, 2.24) is 9.88 Å². The number of nitrogens with one attached hydrogen (secondary N) is 2. The average Bonchev–Trinajstić information content (AvgIpc) is 3.30. The van der Waals surface area contributed by atoms with E-state index in [0.717, 1.165) is 16.6 Å². The van der Waals surface area contributed by atoms with Gasteiger partial charge in [-0.2, -0.15) is 0 Å². The Labute approximate surface area is 171 Å². The van der Waals surface area contributed by atoms with Crippen molar-refractivity contribution in [2.75, 3.05) is 18.4 Å².